The smallest absolute Gasteiger partial charge is 0.339 e. The Labute approximate surface area is 212 Å². The number of piperidine rings is 1. The molecule has 0 aromatic heterocycles. The Hall–Kier alpha value is -2.45. The normalized spacial score (nSPS) is 36.3. The Morgan fingerprint density at radius 1 is 1.22 bits per heavy atom. The molecule has 2 heterocycles. The molecule has 6 rings (SSSR count). The molecular formula is C29H35NO6. The number of rotatable bonds is 7. The summed E-state index contributed by atoms with van der Waals surface area (Å²) in [7, 11) is 3.80. The summed E-state index contributed by atoms with van der Waals surface area (Å²) in [6.45, 7) is 3.80. The maximum absolute atomic E-state index is 12.7. The fourth-order valence-corrected chi connectivity index (χ4v) is 8.13. The highest BCUT2D eigenvalue weighted by molar-refractivity contribution is 5.92. The van der Waals surface area contributed by atoms with Gasteiger partial charge in [-0.3, -0.25) is 0 Å². The van der Waals surface area contributed by atoms with Crippen LogP contribution in [-0.2, 0) is 27.9 Å². The van der Waals surface area contributed by atoms with Crippen LogP contribution in [0.4, 0.5) is 0 Å². The molecule has 0 amide bonds. The molecule has 2 bridgehead atoms. The van der Waals surface area contributed by atoms with Crippen molar-refractivity contribution in [3.63, 3.8) is 0 Å². The number of hydrogen-bond acceptors (Lipinski definition) is 6. The lowest BCUT2D eigenvalue weighted by Crippen LogP contribution is -2.81. The zero-order chi connectivity index (χ0) is 25.3. The molecule has 2 aliphatic heterocycles. The molecule has 6 atom stereocenters. The van der Waals surface area contributed by atoms with Crippen molar-refractivity contribution in [2.75, 3.05) is 27.3 Å². The zero-order valence-corrected chi connectivity index (χ0v) is 21.2. The molecule has 1 spiro atoms. The van der Waals surface area contributed by atoms with Gasteiger partial charge in [-0.05, 0) is 56.5 Å². The predicted molar refractivity (Wildman–Crippen MR) is 133 cm³/mol. The number of likely N-dealkylation sites (N-methyl/N-ethyl adjacent to an activating group) is 1. The van der Waals surface area contributed by atoms with Crippen LogP contribution < -0.4 is 4.74 Å². The first-order valence-electron chi connectivity index (χ1n) is 13.0. The fraction of sp³-hybridized carbons (Fsp3) is 0.552. The van der Waals surface area contributed by atoms with Gasteiger partial charge in [-0.15, -0.1) is 0 Å². The Morgan fingerprint density at radius 2 is 2.00 bits per heavy atom. The Kier molecular flexibility index (Phi) is 5.50. The second kappa shape index (κ2) is 8.28. The number of benzene rings is 2. The number of methoxy groups -OCH3 is 1. The van der Waals surface area contributed by atoms with Gasteiger partial charge in [0.25, 0.3) is 0 Å². The maximum atomic E-state index is 12.7. The van der Waals surface area contributed by atoms with Gasteiger partial charge in [0.15, 0.2) is 0 Å². The van der Waals surface area contributed by atoms with E-state index < -0.39 is 28.7 Å². The van der Waals surface area contributed by atoms with Crippen LogP contribution in [0.1, 0.15) is 53.2 Å². The van der Waals surface area contributed by atoms with Gasteiger partial charge in [-0.2, -0.15) is 0 Å². The molecule has 2 fully saturated rings. The molecule has 4 aliphatic rings. The first kappa shape index (κ1) is 23.9. The third-order valence-electron chi connectivity index (χ3n) is 9.79. The second-order valence-corrected chi connectivity index (χ2v) is 11.0. The van der Waals surface area contributed by atoms with Crippen molar-refractivity contribution in [2.24, 2.45) is 5.92 Å². The van der Waals surface area contributed by atoms with E-state index >= 15 is 0 Å². The van der Waals surface area contributed by atoms with Gasteiger partial charge in [0.2, 0.25) is 0 Å². The average Bonchev–Trinajstić information content (AvgIpc) is 3.23. The molecule has 7 heteroatoms. The minimum Gasteiger partial charge on any atom is -0.485 e. The summed E-state index contributed by atoms with van der Waals surface area (Å²) in [6, 6.07) is 13.6. The zero-order valence-electron chi connectivity index (χ0n) is 21.2. The fourth-order valence-electron chi connectivity index (χ4n) is 8.13. The quantitative estimate of drug-likeness (QED) is 0.611. The number of ether oxygens (including phenoxy) is 3. The van der Waals surface area contributed by atoms with E-state index in [0.717, 1.165) is 23.2 Å². The standard InChI is InChI=1S/C29H35NO6/c1-4-28(34-3)20(17-35-16-18-8-6-5-7-9-18)15-29(33)22-14-19-10-11-21(25(31)32)24-23(19)27(29,26(28)36-24)12-13-30(22)2/h5-11,20,22,26,33H,4,12-17H2,1-3H3,(H,31,32)/t20-,22-,26-,27+,28-,29+/m1/s1. The molecule has 192 valence electrons. The minimum absolute atomic E-state index is 0.0881. The number of aromatic carboxylic acids is 1. The van der Waals surface area contributed by atoms with Crippen molar-refractivity contribution in [3.8, 4) is 5.75 Å². The summed E-state index contributed by atoms with van der Waals surface area (Å²) >= 11 is 0. The molecule has 2 aromatic carbocycles. The predicted octanol–water partition coefficient (Wildman–Crippen LogP) is 3.41. The molecule has 36 heavy (non-hydrogen) atoms. The minimum atomic E-state index is -1.09. The van der Waals surface area contributed by atoms with Gasteiger partial charge in [0, 0.05) is 24.6 Å². The second-order valence-electron chi connectivity index (χ2n) is 11.0. The molecule has 7 nitrogen and oxygen atoms in total. The topological polar surface area (TPSA) is 88.5 Å². The number of likely N-dealkylation sites (tertiary alicyclic amines) is 1. The molecule has 1 saturated carbocycles. The van der Waals surface area contributed by atoms with Crippen molar-refractivity contribution in [2.45, 2.75) is 68.0 Å². The maximum Gasteiger partial charge on any atom is 0.339 e. The van der Waals surface area contributed by atoms with Gasteiger partial charge in [-0.1, -0.05) is 43.3 Å². The van der Waals surface area contributed by atoms with E-state index in [-0.39, 0.29) is 17.5 Å². The molecule has 0 radical (unpaired) electrons. The van der Waals surface area contributed by atoms with Gasteiger partial charge in [0.05, 0.1) is 24.2 Å². The third-order valence-corrected chi connectivity index (χ3v) is 9.79. The van der Waals surface area contributed by atoms with E-state index in [1.54, 1.807) is 13.2 Å². The van der Waals surface area contributed by atoms with Crippen molar-refractivity contribution >= 4 is 5.97 Å². The highest BCUT2D eigenvalue weighted by Gasteiger charge is 2.77. The first-order valence-corrected chi connectivity index (χ1v) is 13.0. The van der Waals surface area contributed by atoms with Crippen LogP contribution in [0, 0.1) is 5.92 Å². The molecule has 2 aromatic rings. The van der Waals surface area contributed by atoms with Crippen LogP contribution in [0.15, 0.2) is 42.5 Å². The highest BCUT2D eigenvalue weighted by atomic mass is 16.6. The molecular weight excluding hydrogens is 458 g/mol. The Bertz CT molecular complexity index is 1180. The Balaban J connectivity index is 1.47. The SMILES string of the molecule is CC[C@@]1(OC)[C@@H](COCc2ccccc2)C[C@]2(O)[C@H]3Cc4ccc(C(=O)O)c5c4[C@@]2(CCN3C)[C@H]1O5. The van der Waals surface area contributed by atoms with E-state index in [1.165, 1.54) is 0 Å². The number of carbonyl (C=O) groups is 1. The van der Waals surface area contributed by atoms with Crippen molar-refractivity contribution in [3.05, 3.63) is 64.7 Å². The lowest BCUT2D eigenvalue weighted by atomic mass is 9.44. The van der Waals surface area contributed by atoms with Crippen LogP contribution in [0.2, 0.25) is 0 Å². The molecule has 2 N–H and O–H groups in total. The molecule has 1 saturated heterocycles. The van der Waals surface area contributed by atoms with Crippen molar-refractivity contribution < 1.29 is 29.2 Å². The average molecular weight is 494 g/mol. The van der Waals surface area contributed by atoms with E-state index in [9.17, 15) is 15.0 Å². The van der Waals surface area contributed by atoms with Gasteiger partial charge in [0.1, 0.15) is 23.0 Å². The van der Waals surface area contributed by atoms with E-state index in [2.05, 4.69) is 18.9 Å². The number of carboxylic acid groups (broad SMARTS) is 1. The summed E-state index contributed by atoms with van der Waals surface area (Å²) in [5.41, 5.74) is 0.704. The van der Waals surface area contributed by atoms with Crippen molar-refractivity contribution in [1.29, 1.82) is 0 Å². The van der Waals surface area contributed by atoms with Crippen LogP contribution in [0.25, 0.3) is 0 Å². The van der Waals surface area contributed by atoms with Crippen LogP contribution >= 0.6 is 0 Å². The summed E-state index contributed by atoms with van der Waals surface area (Å²) in [5.74, 6) is -0.715. The number of nitrogens with zero attached hydrogens (tertiary/aromatic N) is 1. The van der Waals surface area contributed by atoms with Gasteiger partial charge >= 0.3 is 5.97 Å². The molecule has 2 aliphatic carbocycles. The number of carboxylic acids is 1. The van der Waals surface area contributed by atoms with Crippen LogP contribution in [0.3, 0.4) is 0 Å². The highest BCUT2D eigenvalue weighted by Crippen LogP contribution is 2.68. The van der Waals surface area contributed by atoms with E-state index in [4.69, 9.17) is 14.2 Å². The van der Waals surface area contributed by atoms with Gasteiger partial charge in [-0.25, -0.2) is 4.79 Å². The lowest BCUT2D eigenvalue weighted by molar-refractivity contribution is -0.268. The number of aliphatic hydroxyl groups is 1. The van der Waals surface area contributed by atoms with Crippen LogP contribution in [0.5, 0.6) is 5.75 Å². The summed E-state index contributed by atoms with van der Waals surface area (Å²) in [5, 5.41) is 22.7. The summed E-state index contributed by atoms with van der Waals surface area (Å²) in [6.07, 6.45) is 2.02. The lowest BCUT2D eigenvalue weighted by Gasteiger charge is -2.67. The van der Waals surface area contributed by atoms with Crippen molar-refractivity contribution in [1.82, 2.24) is 4.90 Å². The summed E-state index contributed by atoms with van der Waals surface area (Å²) in [4.78, 5) is 14.5. The number of hydrogen-bond donors (Lipinski definition) is 2. The first-order chi connectivity index (χ1) is 17.3. The van der Waals surface area contributed by atoms with Crippen LogP contribution in [-0.4, -0.2) is 71.7 Å². The molecule has 0 unspecified atom stereocenters. The van der Waals surface area contributed by atoms with E-state index in [1.807, 2.05) is 36.4 Å². The van der Waals surface area contributed by atoms with E-state index in [0.29, 0.717) is 44.6 Å². The monoisotopic (exact) mass is 493 g/mol. The van der Waals surface area contributed by atoms with Gasteiger partial charge < -0.3 is 29.3 Å². The summed E-state index contributed by atoms with van der Waals surface area (Å²) < 4.78 is 19.4. The Morgan fingerprint density at radius 3 is 2.69 bits per heavy atom. The largest absolute Gasteiger partial charge is 0.485 e. The third kappa shape index (κ3) is 2.91.